The zero-order chi connectivity index (χ0) is 25.1. The van der Waals surface area contributed by atoms with Gasteiger partial charge in [-0.05, 0) is 29.8 Å². The number of hydrogen-bond donors (Lipinski definition) is 1. The van der Waals surface area contributed by atoms with Crippen LogP contribution in [0, 0.1) is 5.82 Å². The van der Waals surface area contributed by atoms with Crippen molar-refractivity contribution >= 4 is 34.8 Å². The number of aromatic nitrogens is 1. The number of hydrogen-bond acceptors (Lipinski definition) is 4. The molecule has 2 heterocycles. The second-order valence-corrected chi connectivity index (χ2v) is 8.27. The number of halogens is 1. The summed E-state index contributed by atoms with van der Waals surface area (Å²) in [6.45, 7) is 0.677. The molecule has 3 aromatic carbocycles. The molecule has 180 valence electrons. The van der Waals surface area contributed by atoms with Gasteiger partial charge in [-0.1, -0.05) is 60.7 Å². The number of amides is 4. The highest BCUT2D eigenvalue weighted by atomic mass is 19.1. The van der Waals surface area contributed by atoms with E-state index in [0.29, 0.717) is 12.1 Å². The van der Waals surface area contributed by atoms with Crippen LogP contribution in [-0.4, -0.2) is 33.9 Å². The van der Waals surface area contributed by atoms with Gasteiger partial charge in [0.05, 0.1) is 13.1 Å². The van der Waals surface area contributed by atoms with Gasteiger partial charge in [0.2, 0.25) is 0 Å². The largest absolute Gasteiger partial charge is 0.489 e. The zero-order valence-corrected chi connectivity index (χ0v) is 19.2. The third kappa shape index (κ3) is 4.61. The standard InChI is InChI=1S/C28H22FN3O4/c29-23-11-5-7-13-25(23)36-15-14-31-18-20(21-10-4-6-12-24(21)31)16-22-26(33)30-28(35)32(27(22)34)17-19-8-2-1-3-9-19/h1-13,16,18H,14-15,17H2,(H,30,33,35)/b22-16-. The van der Waals surface area contributed by atoms with Gasteiger partial charge in [-0.2, -0.15) is 0 Å². The van der Waals surface area contributed by atoms with Gasteiger partial charge in [0, 0.05) is 22.7 Å². The molecule has 0 atom stereocenters. The van der Waals surface area contributed by atoms with Gasteiger partial charge in [0.15, 0.2) is 11.6 Å². The lowest BCUT2D eigenvalue weighted by molar-refractivity contribution is -0.130. The summed E-state index contributed by atoms with van der Waals surface area (Å²) in [4.78, 5) is 39.2. The number of nitrogens with zero attached hydrogens (tertiary/aromatic N) is 2. The quantitative estimate of drug-likeness (QED) is 0.310. The lowest BCUT2D eigenvalue weighted by atomic mass is 10.1. The Labute approximate surface area is 206 Å². The van der Waals surface area contributed by atoms with Crippen molar-refractivity contribution in [2.75, 3.05) is 6.61 Å². The summed E-state index contributed by atoms with van der Waals surface area (Å²) < 4.78 is 21.4. The molecule has 0 unspecified atom stereocenters. The number of urea groups is 1. The van der Waals surface area contributed by atoms with E-state index >= 15 is 0 Å². The van der Waals surface area contributed by atoms with E-state index < -0.39 is 23.7 Å². The molecule has 1 N–H and O–H groups in total. The fourth-order valence-corrected chi connectivity index (χ4v) is 4.15. The fourth-order valence-electron chi connectivity index (χ4n) is 4.15. The smallest absolute Gasteiger partial charge is 0.331 e. The van der Waals surface area contributed by atoms with E-state index in [9.17, 15) is 18.8 Å². The van der Waals surface area contributed by atoms with E-state index in [4.69, 9.17) is 4.74 Å². The van der Waals surface area contributed by atoms with Crippen LogP contribution in [0.3, 0.4) is 0 Å². The second kappa shape index (κ2) is 9.87. The molecule has 36 heavy (non-hydrogen) atoms. The summed E-state index contributed by atoms with van der Waals surface area (Å²) in [5.74, 6) is -1.66. The van der Waals surface area contributed by atoms with Gasteiger partial charge in [-0.25, -0.2) is 9.18 Å². The summed E-state index contributed by atoms with van der Waals surface area (Å²) >= 11 is 0. The maximum atomic E-state index is 13.9. The molecule has 0 saturated carbocycles. The molecule has 1 saturated heterocycles. The van der Waals surface area contributed by atoms with Crippen molar-refractivity contribution in [3.05, 3.63) is 108 Å². The average molecular weight is 483 g/mol. The Morgan fingerprint density at radius 3 is 2.42 bits per heavy atom. The van der Waals surface area contributed by atoms with Crippen LogP contribution in [0.5, 0.6) is 5.75 Å². The van der Waals surface area contributed by atoms with Crippen molar-refractivity contribution in [2.45, 2.75) is 13.1 Å². The van der Waals surface area contributed by atoms with E-state index in [2.05, 4.69) is 5.32 Å². The normalized spacial score (nSPS) is 15.0. The van der Waals surface area contributed by atoms with Crippen molar-refractivity contribution in [1.82, 2.24) is 14.8 Å². The monoisotopic (exact) mass is 483 g/mol. The zero-order valence-electron chi connectivity index (χ0n) is 19.2. The Morgan fingerprint density at radius 2 is 1.61 bits per heavy atom. The van der Waals surface area contributed by atoms with Gasteiger partial charge in [0.25, 0.3) is 11.8 Å². The lowest BCUT2D eigenvalue weighted by Gasteiger charge is -2.26. The number of rotatable bonds is 7. The highest BCUT2D eigenvalue weighted by molar-refractivity contribution is 6.31. The van der Waals surface area contributed by atoms with Crippen LogP contribution >= 0.6 is 0 Å². The van der Waals surface area contributed by atoms with Gasteiger partial charge < -0.3 is 9.30 Å². The SMILES string of the molecule is O=C1NC(=O)N(Cc2ccccc2)C(=O)/C1=C\c1cn(CCOc2ccccc2F)c2ccccc12. The Balaban J connectivity index is 1.42. The number of para-hydroxylation sites is 2. The van der Waals surface area contributed by atoms with Crippen LogP contribution in [0.1, 0.15) is 11.1 Å². The van der Waals surface area contributed by atoms with Crippen LogP contribution in [0.4, 0.5) is 9.18 Å². The van der Waals surface area contributed by atoms with E-state index in [1.807, 2.05) is 47.0 Å². The molecule has 5 rings (SSSR count). The molecule has 1 aliphatic heterocycles. The summed E-state index contributed by atoms with van der Waals surface area (Å²) in [6.07, 6.45) is 3.31. The number of benzene rings is 3. The fraction of sp³-hybridized carbons (Fsp3) is 0.107. The van der Waals surface area contributed by atoms with Crippen LogP contribution in [0.25, 0.3) is 17.0 Å². The Morgan fingerprint density at radius 1 is 0.889 bits per heavy atom. The first-order chi connectivity index (χ1) is 17.5. The van der Waals surface area contributed by atoms with Crippen molar-refractivity contribution in [3.8, 4) is 5.75 Å². The van der Waals surface area contributed by atoms with E-state index in [-0.39, 0.29) is 24.5 Å². The predicted octanol–water partition coefficient (Wildman–Crippen LogP) is 4.52. The van der Waals surface area contributed by atoms with Gasteiger partial charge >= 0.3 is 6.03 Å². The Hall–Kier alpha value is -4.72. The number of nitrogens with one attached hydrogen (secondary N) is 1. The second-order valence-electron chi connectivity index (χ2n) is 8.27. The third-order valence-electron chi connectivity index (χ3n) is 5.91. The van der Waals surface area contributed by atoms with Crippen LogP contribution in [-0.2, 0) is 22.7 Å². The van der Waals surface area contributed by atoms with E-state index in [1.54, 1.807) is 36.5 Å². The average Bonchev–Trinajstić information content (AvgIpc) is 3.23. The van der Waals surface area contributed by atoms with Crippen molar-refractivity contribution in [2.24, 2.45) is 0 Å². The van der Waals surface area contributed by atoms with Gasteiger partial charge in [-0.15, -0.1) is 0 Å². The first-order valence-corrected chi connectivity index (χ1v) is 11.4. The number of fused-ring (bicyclic) bond motifs is 1. The van der Waals surface area contributed by atoms with Crippen LogP contribution in [0.15, 0.2) is 90.6 Å². The van der Waals surface area contributed by atoms with Crippen molar-refractivity contribution < 1.29 is 23.5 Å². The number of carbonyl (C=O) groups excluding carboxylic acids is 3. The molecule has 1 fully saturated rings. The number of barbiturate groups is 1. The molecule has 4 aromatic rings. The minimum absolute atomic E-state index is 0.0469. The Bertz CT molecular complexity index is 1490. The summed E-state index contributed by atoms with van der Waals surface area (Å²) in [6, 6.07) is 22.1. The van der Waals surface area contributed by atoms with Crippen molar-refractivity contribution in [3.63, 3.8) is 0 Å². The predicted molar refractivity (Wildman–Crippen MR) is 132 cm³/mol. The lowest BCUT2D eigenvalue weighted by Crippen LogP contribution is -2.53. The molecule has 0 radical (unpaired) electrons. The third-order valence-corrected chi connectivity index (χ3v) is 5.91. The molecule has 0 bridgehead atoms. The molecule has 1 aromatic heterocycles. The molecule has 0 aliphatic carbocycles. The minimum Gasteiger partial charge on any atom is -0.489 e. The number of imide groups is 2. The highest BCUT2D eigenvalue weighted by Crippen LogP contribution is 2.26. The first-order valence-electron chi connectivity index (χ1n) is 11.4. The van der Waals surface area contributed by atoms with E-state index in [1.165, 1.54) is 12.1 Å². The number of ether oxygens (including phenoxy) is 1. The topological polar surface area (TPSA) is 80.6 Å². The molecule has 0 spiro atoms. The molecule has 1 aliphatic rings. The molecular formula is C28H22FN3O4. The molecule has 8 heteroatoms. The maximum absolute atomic E-state index is 13.9. The van der Waals surface area contributed by atoms with Crippen molar-refractivity contribution in [1.29, 1.82) is 0 Å². The van der Waals surface area contributed by atoms with Crippen LogP contribution < -0.4 is 10.1 Å². The van der Waals surface area contributed by atoms with Gasteiger partial charge in [0.1, 0.15) is 12.2 Å². The molecule has 7 nitrogen and oxygen atoms in total. The maximum Gasteiger partial charge on any atom is 0.331 e. The molecule has 4 amide bonds. The van der Waals surface area contributed by atoms with Gasteiger partial charge in [-0.3, -0.25) is 19.8 Å². The van der Waals surface area contributed by atoms with Crippen LogP contribution in [0.2, 0.25) is 0 Å². The highest BCUT2D eigenvalue weighted by Gasteiger charge is 2.35. The first kappa shape index (κ1) is 23.0. The van der Waals surface area contributed by atoms with E-state index in [0.717, 1.165) is 21.4 Å². The summed E-state index contributed by atoms with van der Waals surface area (Å²) in [7, 11) is 0. The number of carbonyl (C=O) groups is 3. The Kier molecular flexibility index (Phi) is 6.32. The summed E-state index contributed by atoms with van der Waals surface area (Å²) in [5.41, 5.74) is 2.14. The summed E-state index contributed by atoms with van der Waals surface area (Å²) in [5, 5.41) is 3.08. The molecular weight excluding hydrogens is 461 g/mol. The minimum atomic E-state index is -0.751.